The number of ether oxygens (including phenoxy) is 2. The number of benzene rings is 3. The predicted octanol–water partition coefficient (Wildman–Crippen LogP) is 6.04. The molecule has 4 aromatic rings. The van der Waals surface area contributed by atoms with Gasteiger partial charge in [-0.25, -0.2) is 9.37 Å². The molecule has 1 aromatic heterocycles. The summed E-state index contributed by atoms with van der Waals surface area (Å²) in [5.41, 5.74) is 1.49. The van der Waals surface area contributed by atoms with Crippen LogP contribution in [0, 0.1) is 17.1 Å². The molecule has 0 spiro atoms. The number of rotatable bonds is 7. The third-order valence-corrected chi connectivity index (χ3v) is 6.37. The third kappa shape index (κ3) is 5.33. The van der Waals surface area contributed by atoms with Gasteiger partial charge in [0.2, 0.25) is 0 Å². The van der Waals surface area contributed by atoms with Crippen LogP contribution in [0.1, 0.15) is 26.5 Å². The van der Waals surface area contributed by atoms with Crippen LogP contribution < -0.4 is 20.1 Å². The van der Waals surface area contributed by atoms with Crippen LogP contribution in [0.25, 0.3) is 11.1 Å². The van der Waals surface area contributed by atoms with Gasteiger partial charge in [0.25, 0.3) is 11.8 Å². The van der Waals surface area contributed by atoms with E-state index in [1.54, 1.807) is 42.5 Å². The van der Waals surface area contributed by atoms with Crippen molar-refractivity contribution in [3.05, 3.63) is 100 Å². The number of methoxy groups -OCH3 is 2. The zero-order chi connectivity index (χ0) is 27.2. The Morgan fingerprint density at radius 1 is 0.816 bits per heavy atom. The number of nitriles is 1. The molecule has 0 unspecified atom stereocenters. The summed E-state index contributed by atoms with van der Waals surface area (Å²) in [7, 11) is 2.91. The molecule has 0 bridgehead atoms. The van der Waals surface area contributed by atoms with Crippen LogP contribution in [-0.2, 0) is 0 Å². The van der Waals surface area contributed by atoms with Crippen molar-refractivity contribution in [2.75, 3.05) is 24.9 Å². The second-order valence-corrected chi connectivity index (χ2v) is 8.59. The predicted molar refractivity (Wildman–Crippen MR) is 144 cm³/mol. The lowest BCUT2D eigenvalue weighted by Gasteiger charge is -2.14. The third-order valence-electron chi connectivity index (χ3n) is 5.55. The van der Waals surface area contributed by atoms with E-state index in [0.29, 0.717) is 33.9 Å². The number of amides is 2. The van der Waals surface area contributed by atoms with E-state index in [1.165, 1.54) is 44.6 Å². The molecule has 3 aromatic carbocycles. The van der Waals surface area contributed by atoms with Crippen LogP contribution >= 0.6 is 15.9 Å². The van der Waals surface area contributed by atoms with E-state index >= 15 is 0 Å². The summed E-state index contributed by atoms with van der Waals surface area (Å²) in [6.07, 6.45) is 0. The van der Waals surface area contributed by atoms with Gasteiger partial charge in [-0.05, 0) is 57.9 Å². The van der Waals surface area contributed by atoms with Crippen molar-refractivity contribution in [1.82, 2.24) is 4.98 Å². The topological polar surface area (TPSA) is 113 Å². The highest BCUT2D eigenvalue weighted by Crippen LogP contribution is 2.38. The van der Waals surface area contributed by atoms with Gasteiger partial charge in [0.05, 0.1) is 36.0 Å². The molecule has 2 amide bonds. The maximum absolute atomic E-state index is 14.8. The first-order chi connectivity index (χ1) is 18.4. The molecule has 0 saturated heterocycles. The molecule has 38 heavy (non-hydrogen) atoms. The number of hydrogen-bond donors (Lipinski definition) is 2. The summed E-state index contributed by atoms with van der Waals surface area (Å²) in [4.78, 5) is 30.1. The highest BCUT2D eigenvalue weighted by molar-refractivity contribution is 9.10. The minimum atomic E-state index is -0.736. The van der Waals surface area contributed by atoms with E-state index in [9.17, 15) is 19.2 Å². The number of aromatic nitrogens is 1. The summed E-state index contributed by atoms with van der Waals surface area (Å²) in [5, 5.41) is 14.7. The van der Waals surface area contributed by atoms with Gasteiger partial charge in [0, 0.05) is 5.56 Å². The number of nitrogens with one attached hydrogen (secondary N) is 2. The maximum atomic E-state index is 14.8. The summed E-state index contributed by atoms with van der Waals surface area (Å²) >= 11 is 3.36. The smallest absolute Gasteiger partial charge is 0.274 e. The lowest BCUT2D eigenvalue weighted by Crippen LogP contribution is -2.19. The molecule has 1 heterocycles. The molecular weight excluding hydrogens is 555 g/mol. The minimum Gasteiger partial charge on any atom is -0.494 e. The average Bonchev–Trinajstić information content (AvgIpc) is 2.95. The van der Waals surface area contributed by atoms with Crippen molar-refractivity contribution in [3.63, 3.8) is 0 Å². The van der Waals surface area contributed by atoms with Gasteiger partial charge in [-0.1, -0.05) is 36.4 Å². The number of para-hydroxylation sites is 1. The zero-order valence-corrected chi connectivity index (χ0v) is 21.8. The Hall–Kier alpha value is -4.75. The molecular formula is C28H20BrFN4O4. The largest absolute Gasteiger partial charge is 0.494 e. The molecule has 10 heteroatoms. The van der Waals surface area contributed by atoms with Crippen molar-refractivity contribution in [2.45, 2.75) is 0 Å². The molecule has 0 radical (unpaired) electrons. The number of carbonyl (C=O) groups is 2. The van der Waals surface area contributed by atoms with E-state index in [4.69, 9.17) is 9.47 Å². The molecule has 0 atom stereocenters. The molecule has 0 aliphatic carbocycles. The number of pyridine rings is 1. The Labute approximate surface area is 226 Å². The van der Waals surface area contributed by atoms with E-state index in [1.807, 2.05) is 0 Å². The molecule has 2 N–H and O–H groups in total. The van der Waals surface area contributed by atoms with Gasteiger partial charge in [0.15, 0.2) is 0 Å². The fraction of sp³-hybridized carbons (Fsp3) is 0.0714. The monoisotopic (exact) mass is 574 g/mol. The van der Waals surface area contributed by atoms with Crippen LogP contribution in [-0.4, -0.2) is 31.0 Å². The first kappa shape index (κ1) is 26.3. The molecule has 0 aliphatic heterocycles. The number of halogens is 2. The fourth-order valence-electron chi connectivity index (χ4n) is 3.71. The molecule has 4 rings (SSSR count). The van der Waals surface area contributed by atoms with Crippen molar-refractivity contribution in [3.8, 4) is 28.7 Å². The van der Waals surface area contributed by atoms with Crippen LogP contribution in [0.2, 0.25) is 0 Å². The van der Waals surface area contributed by atoms with Crippen molar-refractivity contribution >= 4 is 39.1 Å². The Morgan fingerprint density at radius 2 is 1.39 bits per heavy atom. The zero-order valence-electron chi connectivity index (χ0n) is 20.2. The summed E-state index contributed by atoms with van der Waals surface area (Å²) < 4.78 is 25.6. The van der Waals surface area contributed by atoms with Gasteiger partial charge in [-0.3, -0.25) is 9.59 Å². The lowest BCUT2D eigenvalue weighted by atomic mass is 10.00. The molecule has 0 saturated carbocycles. The summed E-state index contributed by atoms with van der Waals surface area (Å²) in [5.74, 6) is -1.28. The van der Waals surface area contributed by atoms with Gasteiger partial charge in [-0.2, -0.15) is 5.26 Å². The van der Waals surface area contributed by atoms with Crippen LogP contribution in [0.15, 0.2) is 77.3 Å². The number of carbonyl (C=O) groups excluding carboxylic acids is 2. The normalized spacial score (nSPS) is 10.3. The molecule has 0 fully saturated rings. The Bertz CT molecular complexity index is 1560. The number of nitrogens with zero attached hydrogens (tertiary/aromatic N) is 2. The fourth-order valence-corrected chi connectivity index (χ4v) is 4.34. The SMILES string of the molecule is COc1cccc(OC)c1NC(=O)c1cccc(C(=O)Nc2c(F)ccc(-c3ccccc3C#N)c2Br)n1. The van der Waals surface area contributed by atoms with Gasteiger partial charge in [0.1, 0.15) is 34.4 Å². The standard InChI is InChI=1S/C28H20BrFN4O4/c1-37-22-11-6-12-23(38-2)26(22)34-28(36)21-10-5-9-20(32-21)27(35)33-25-19(30)14-13-18(24(25)29)17-8-4-3-7-16(17)15-31/h3-14H,1-2H3,(H,33,35)(H,34,36). The average molecular weight is 575 g/mol. The Kier molecular flexibility index (Phi) is 7.99. The lowest BCUT2D eigenvalue weighted by molar-refractivity contribution is 0.101. The first-order valence-electron chi connectivity index (χ1n) is 11.2. The maximum Gasteiger partial charge on any atom is 0.274 e. The molecule has 190 valence electrons. The van der Waals surface area contributed by atoms with Crippen LogP contribution in [0.3, 0.4) is 0 Å². The van der Waals surface area contributed by atoms with E-state index < -0.39 is 17.6 Å². The van der Waals surface area contributed by atoms with E-state index in [-0.39, 0.29) is 21.5 Å². The number of hydrogen-bond acceptors (Lipinski definition) is 6. The molecule has 8 nitrogen and oxygen atoms in total. The second-order valence-electron chi connectivity index (χ2n) is 7.80. The van der Waals surface area contributed by atoms with Crippen molar-refractivity contribution in [1.29, 1.82) is 5.26 Å². The van der Waals surface area contributed by atoms with Gasteiger partial charge >= 0.3 is 0 Å². The van der Waals surface area contributed by atoms with E-state index in [0.717, 1.165) is 0 Å². The summed E-state index contributed by atoms with van der Waals surface area (Å²) in [6, 6.07) is 21.0. The van der Waals surface area contributed by atoms with Crippen LogP contribution in [0.5, 0.6) is 11.5 Å². The number of anilines is 2. The van der Waals surface area contributed by atoms with E-state index in [2.05, 4.69) is 37.6 Å². The second kappa shape index (κ2) is 11.5. The highest BCUT2D eigenvalue weighted by atomic mass is 79.9. The quantitative estimate of drug-likeness (QED) is 0.278. The Morgan fingerprint density at radius 3 is 2.00 bits per heavy atom. The first-order valence-corrected chi connectivity index (χ1v) is 12.0. The van der Waals surface area contributed by atoms with Gasteiger partial charge in [-0.15, -0.1) is 0 Å². The summed E-state index contributed by atoms with van der Waals surface area (Å²) in [6.45, 7) is 0. The minimum absolute atomic E-state index is 0.0538. The Balaban J connectivity index is 1.61. The van der Waals surface area contributed by atoms with Crippen molar-refractivity contribution in [2.24, 2.45) is 0 Å². The molecule has 0 aliphatic rings. The van der Waals surface area contributed by atoms with Crippen LogP contribution in [0.4, 0.5) is 15.8 Å². The highest BCUT2D eigenvalue weighted by Gasteiger charge is 2.20. The van der Waals surface area contributed by atoms with Gasteiger partial charge < -0.3 is 20.1 Å². The van der Waals surface area contributed by atoms with Crippen molar-refractivity contribution < 1.29 is 23.5 Å².